The third kappa shape index (κ3) is 4.55. The fourth-order valence-corrected chi connectivity index (χ4v) is 3.48. The van der Waals surface area contributed by atoms with Crippen molar-refractivity contribution in [2.75, 3.05) is 18.9 Å². The van der Waals surface area contributed by atoms with E-state index in [0.717, 1.165) is 39.3 Å². The third-order valence-corrected chi connectivity index (χ3v) is 4.85. The van der Waals surface area contributed by atoms with Crippen molar-refractivity contribution >= 4 is 28.6 Å². The van der Waals surface area contributed by atoms with Crippen LogP contribution >= 0.6 is 11.8 Å². The molecular weight excluding hydrogens is 344 g/mol. The molecule has 4 nitrogen and oxygen atoms in total. The number of carbonyl (C=O) groups excluding carboxylic acids is 1. The minimum Gasteiger partial charge on any atom is -0.491 e. The third-order valence-electron chi connectivity index (χ3n) is 3.89. The fourth-order valence-electron chi connectivity index (χ4n) is 2.68. The normalized spacial score (nSPS) is 10.7. The zero-order valence-electron chi connectivity index (χ0n) is 14.8. The molecule has 0 aliphatic rings. The summed E-state index contributed by atoms with van der Waals surface area (Å²) in [5.74, 6) is 1.68. The quantitative estimate of drug-likeness (QED) is 0.469. The van der Waals surface area contributed by atoms with Crippen LogP contribution in [-0.2, 0) is 0 Å². The summed E-state index contributed by atoms with van der Waals surface area (Å²) in [7, 11) is 0. The average molecular weight is 366 g/mol. The van der Waals surface area contributed by atoms with Crippen molar-refractivity contribution in [2.45, 2.75) is 18.2 Å². The zero-order chi connectivity index (χ0) is 18.2. The van der Waals surface area contributed by atoms with Crippen LogP contribution in [0.1, 0.15) is 23.7 Å². The van der Waals surface area contributed by atoms with Crippen molar-refractivity contribution in [1.82, 2.24) is 10.3 Å². The number of carbonyl (C=O) groups is 1. The molecule has 0 radical (unpaired) electrons. The second kappa shape index (κ2) is 9.25. The number of benzene rings is 2. The topological polar surface area (TPSA) is 51.2 Å². The molecule has 0 spiro atoms. The molecule has 1 heterocycles. The van der Waals surface area contributed by atoms with Crippen LogP contribution in [-0.4, -0.2) is 29.8 Å². The monoisotopic (exact) mass is 366 g/mol. The van der Waals surface area contributed by atoms with E-state index in [2.05, 4.69) is 17.2 Å². The summed E-state index contributed by atoms with van der Waals surface area (Å²) in [6.45, 7) is 3.18. The summed E-state index contributed by atoms with van der Waals surface area (Å²) in [5, 5.41) is 4.03. The molecule has 0 aliphatic heterocycles. The van der Waals surface area contributed by atoms with Gasteiger partial charge in [0.1, 0.15) is 11.3 Å². The smallest absolute Gasteiger partial charge is 0.252 e. The van der Waals surface area contributed by atoms with Crippen LogP contribution in [0.5, 0.6) is 5.75 Å². The minimum absolute atomic E-state index is 0.0339. The SMILES string of the molecule is CCSc1ccccc1C(=O)NCCCOc1cccc2cccnc12. The number of nitrogens with one attached hydrogen (secondary N) is 1. The van der Waals surface area contributed by atoms with Gasteiger partial charge in [-0.1, -0.05) is 37.3 Å². The van der Waals surface area contributed by atoms with E-state index in [4.69, 9.17) is 4.74 Å². The number of fused-ring (bicyclic) bond motifs is 1. The van der Waals surface area contributed by atoms with Crippen LogP contribution in [0.4, 0.5) is 0 Å². The summed E-state index contributed by atoms with van der Waals surface area (Å²) in [6.07, 6.45) is 2.50. The van der Waals surface area contributed by atoms with E-state index in [1.807, 2.05) is 54.6 Å². The van der Waals surface area contributed by atoms with Gasteiger partial charge in [0.05, 0.1) is 12.2 Å². The number of pyridine rings is 1. The van der Waals surface area contributed by atoms with E-state index in [1.54, 1.807) is 18.0 Å². The van der Waals surface area contributed by atoms with Crippen molar-refractivity contribution in [3.8, 4) is 5.75 Å². The van der Waals surface area contributed by atoms with Crippen molar-refractivity contribution < 1.29 is 9.53 Å². The zero-order valence-corrected chi connectivity index (χ0v) is 15.6. The molecule has 0 saturated heterocycles. The van der Waals surface area contributed by atoms with Gasteiger partial charge in [0.2, 0.25) is 0 Å². The number of para-hydroxylation sites is 1. The fraction of sp³-hybridized carbons (Fsp3) is 0.238. The van der Waals surface area contributed by atoms with E-state index in [0.29, 0.717) is 13.2 Å². The number of hydrogen-bond acceptors (Lipinski definition) is 4. The maximum absolute atomic E-state index is 12.4. The Morgan fingerprint density at radius 1 is 1.12 bits per heavy atom. The molecule has 1 aromatic heterocycles. The molecule has 5 heteroatoms. The number of thioether (sulfide) groups is 1. The summed E-state index contributed by atoms with van der Waals surface area (Å²) in [5.41, 5.74) is 1.60. The van der Waals surface area contributed by atoms with Gasteiger partial charge < -0.3 is 10.1 Å². The Balaban J connectivity index is 1.49. The Hall–Kier alpha value is -2.53. The van der Waals surface area contributed by atoms with E-state index in [1.165, 1.54) is 0 Å². The highest BCUT2D eigenvalue weighted by atomic mass is 32.2. The van der Waals surface area contributed by atoms with Crippen LogP contribution in [0, 0.1) is 0 Å². The molecule has 26 heavy (non-hydrogen) atoms. The molecule has 0 atom stereocenters. The molecular formula is C21H22N2O2S. The predicted molar refractivity (Wildman–Crippen MR) is 107 cm³/mol. The maximum atomic E-state index is 12.4. The van der Waals surface area contributed by atoms with Gasteiger partial charge in [-0.3, -0.25) is 9.78 Å². The lowest BCUT2D eigenvalue weighted by Crippen LogP contribution is -2.26. The lowest BCUT2D eigenvalue weighted by molar-refractivity contribution is 0.0948. The predicted octanol–water partition coefficient (Wildman–Crippen LogP) is 4.55. The highest BCUT2D eigenvalue weighted by molar-refractivity contribution is 7.99. The summed E-state index contributed by atoms with van der Waals surface area (Å²) < 4.78 is 5.85. The first-order valence-corrected chi connectivity index (χ1v) is 9.74. The lowest BCUT2D eigenvalue weighted by Gasteiger charge is -2.10. The lowest BCUT2D eigenvalue weighted by atomic mass is 10.2. The number of rotatable bonds is 8. The van der Waals surface area contributed by atoms with Gasteiger partial charge in [-0.05, 0) is 36.4 Å². The van der Waals surface area contributed by atoms with Gasteiger partial charge in [-0.2, -0.15) is 0 Å². The Bertz CT molecular complexity index is 877. The van der Waals surface area contributed by atoms with Gasteiger partial charge in [-0.25, -0.2) is 0 Å². The summed E-state index contributed by atoms with van der Waals surface area (Å²) in [4.78, 5) is 17.8. The molecule has 0 fully saturated rings. The Morgan fingerprint density at radius 3 is 2.85 bits per heavy atom. The first-order chi connectivity index (χ1) is 12.8. The highest BCUT2D eigenvalue weighted by Crippen LogP contribution is 2.23. The van der Waals surface area contributed by atoms with Gasteiger partial charge in [0, 0.05) is 23.0 Å². The number of aromatic nitrogens is 1. The Kier molecular flexibility index (Phi) is 6.50. The molecule has 1 amide bonds. The maximum Gasteiger partial charge on any atom is 0.252 e. The summed E-state index contributed by atoms with van der Waals surface area (Å²) >= 11 is 1.68. The number of amides is 1. The van der Waals surface area contributed by atoms with Crippen molar-refractivity contribution in [3.63, 3.8) is 0 Å². The second-order valence-corrected chi connectivity index (χ2v) is 7.02. The van der Waals surface area contributed by atoms with Gasteiger partial charge in [0.25, 0.3) is 5.91 Å². The number of nitrogens with zero attached hydrogens (tertiary/aromatic N) is 1. The van der Waals surface area contributed by atoms with Crippen LogP contribution < -0.4 is 10.1 Å². The highest BCUT2D eigenvalue weighted by Gasteiger charge is 2.10. The first-order valence-electron chi connectivity index (χ1n) is 8.76. The molecule has 1 N–H and O–H groups in total. The van der Waals surface area contributed by atoms with E-state index < -0.39 is 0 Å². The van der Waals surface area contributed by atoms with E-state index in [9.17, 15) is 4.79 Å². The van der Waals surface area contributed by atoms with E-state index in [-0.39, 0.29) is 5.91 Å². The second-order valence-electron chi connectivity index (χ2n) is 5.72. The van der Waals surface area contributed by atoms with Crippen LogP contribution in [0.15, 0.2) is 65.7 Å². The van der Waals surface area contributed by atoms with Crippen molar-refractivity contribution in [1.29, 1.82) is 0 Å². The van der Waals surface area contributed by atoms with Crippen molar-refractivity contribution in [2.24, 2.45) is 0 Å². The number of ether oxygens (including phenoxy) is 1. The Labute approximate surface area is 158 Å². The summed E-state index contributed by atoms with van der Waals surface area (Å²) in [6, 6.07) is 17.5. The molecule has 3 aromatic rings. The molecule has 3 rings (SSSR count). The molecule has 0 saturated carbocycles. The molecule has 2 aromatic carbocycles. The van der Waals surface area contributed by atoms with Gasteiger partial charge in [0.15, 0.2) is 0 Å². The minimum atomic E-state index is -0.0339. The van der Waals surface area contributed by atoms with Gasteiger partial charge in [-0.15, -0.1) is 11.8 Å². The van der Waals surface area contributed by atoms with Gasteiger partial charge >= 0.3 is 0 Å². The molecule has 0 unspecified atom stereocenters. The molecule has 134 valence electrons. The van der Waals surface area contributed by atoms with Crippen LogP contribution in [0.25, 0.3) is 10.9 Å². The first kappa shape index (κ1) is 18.3. The molecule has 0 aliphatic carbocycles. The standard InChI is InChI=1S/C21H22N2O2S/c1-2-26-19-12-4-3-10-17(19)21(24)23-14-7-15-25-18-11-5-8-16-9-6-13-22-20(16)18/h3-6,8-13H,2,7,14-15H2,1H3,(H,23,24). The largest absolute Gasteiger partial charge is 0.491 e. The van der Waals surface area contributed by atoms with Crippen molar-refractivity contribution in [3.05, 3.63) is 66.4 Å². The number of hydrogen-bond donors (Lipinski definition) is 1. The van der Waals surface area contributed by atoms with E-state index >= 15 is 0 Å². The van der Waals surface area contributed by atoms with Crippen LogP contribution in [0.2, 0.25) is 0 Å². The van der Waals surface area contributed by atoms with Crippen LogP contribution in [0.3, 0.4) is 0 Å². The molecule has 0 bridgehead atoms. The average Bonchev–Trinajstić information content (AvgIpc) is 2.68. The Morgan fingerprint density at radius 2 is 1.96 bits per heavy atom.